The molecule has 0 unspecified atom stereocenters. The number of hydrogen-bond donors (Lipinski definition) is 0. The maximum absolute atomic E-state index is 2.34. The molecule has 2 rings (SSSR count). The summed E-state index contributed by atoms with van der Waals surface area (Å²) in [6.45, 7) is 8.42. The van der Waals surface area contributed by atoms with Crippen LogP contribution in [0.25, 0.3) is 0 Å². The van der Waals surface area contributed by atoms with Crippen molar-refractivity contribution in [2.75, 3.05) is 0 Å². The first-order valence-electron chi connectivity index (χ1n) is 6.30. The highest BCUT2D eigenvalue weighted by Gasteiger charge is 2.07. The zero-order valence-electron chi connectivity index (χ0n) is 10.8. The van der Waals surface area contributed by atoms with E-state index in [1.165, 1.54) is 31.2 Å². The van der Waals surface area contributed by atoms with Crippen LogP contribution in [-0.4, -0.2) is 0 Å². The Morgan fingerprint density at radius 1 is 0.933 bits per heavy atom. The fraction of sp³-hybridized carbons (Fsp3) is 0.600. The van der Waals surface area contributed by atoms with Gasteiger partial charge in [0.25, 0.3) is 0 Å². The summed E-state index contributed by atoms with van der Waals surface area (Å²) in [4.78, 5) is 0. The van der Waals surface area contributed by atoms with Gasteiger partial charge in [-0.2, -0.15) is 0 Å². The van der Waals surface area contributed by atoms with E-state index in [-0.39, 0.29) is 0 Å². The third-order valence-corrected chi connectivity index (χ3v) is 2.58. The minimum atomic E-state index is 1.05. The molecule has 1 aromatic rings. The van der Waals surface area contributed by atoms with Crippen LogP contribution in [0.1, 0.15) is 52.0 Å². The van der Waals surface area contributed by atoms with Crippen molar-refractivity contribution in [3.8, 4) is 0 Å². The van der Waals surface area contributed by atoms with Gasteiger partial charge in [0.2, 0.25) is 0 Å². The van der Waals surface area contributed by atoms with Gasteiger partial charge in [-0.15, -0.1) is 0 Å². The predicted octanol–water partition coefficient (Wildman–Crippen LogP) is 5.22. The molecule has 0 bridgehead atoms. The SMILES string of the molecule is CC.CC1CCCC1.Cc1ccccc1. The molecular formula is C15H26. The monoisotopic (exact) mass is 206 g/mol. The van der Waals surface area contributed by atoms with E-state index >= 15 is 0 Å². The molecule has 0 radical (unpaired) electrons. The van der Waals surface area contributed by atoms with E-state index < -0.39 is 0 Å². The highest BCUT2D eigenvalue weighted by molar-refractivity contribution is 5.11. The summed E-state index contributed by atoms with van der Waals surface area (Å²) in [6, 6.07) is 10.3. The fourth-order valence-electron chi connectivity index (χ4n) is 1.66. The number of rotatable bonds is 0. The predicted molar refractivity (Wildman–Crippen MR) is 70.2 cm³/mol. The average Bonchev–Trinajstić information content (AvgIpc) is 2.74. The first-order chi connectivity index (χ1) is 7.29. The summed E-state index contributed by atoms with van der Waals surface area (Å²) in [6.07, 6.45) is 5.95. The normalized spacial score (nSPS) is 14.7. The van der Waals surface area contributed by atoms with E-state index in [4.69, 9.17) is 0 Å². The van der Waals surface area contributed by atoms with Gasteiger partial charge in [0.15, 0.2) is 0 Å². The van der Waals surface area contributed by atoms with Crippen molar-refractivity contribution in [1.82, 2.24) is 0 Å². The van der Waals surface area contributed by atoms with Gasteiger partial charge in [-0.3, -0.25) is 0 Å². The zero-order chi connectivity index (χ0) is 11.5. The van der Waals surface area contributed by atoms with Crippen molar-refractivity contribution in [1.29, 1.82) is 0 Å². The van der Waals surface area contributed by atoms with E-state index in [0.717, 1.165) is 5.92 Å². The van der Waals surface area contributed by atoms with Gasteiger partial charge in [0.05, 0.1) is 0 Å². The maximum atomic E-state index is 2.34. The summed E-state index contributed by atoms with van der Waals surface area (Å²) < 4.78 is 0. The Kier molecular flexibility index (Phi) is 9.26. The Balaban J connectivity index is 0.000000227. The number of hydrogen-bond acceptors (Lipinski definition) is 0. The van der Waals surface area contributed by atoms with Gasteiger partial charge in [-0.05, 0) is 12.8 Å². The van der Waals surface area contributed by atoms with Crippen LogP contribution >= 0.6 is 0 Å². The minimum Gasteiger partial charge on any atom is -0.0683 e. The molecular weight excluding hydrogens is 180 g/mol. The molecule has 0 amide bonds. The molecule has 0 saturated heterocycles. The minimum absolute atomic E-state index is 1.05. The van der Waals surface area contributed by atoms with Crippen LogP contribution in [0.5, 0.6) is 0 Å². The lowest BCUT2D eigenvalue weighted by Gasteiger charge is -1.91. The van der Waals surface area contributed by atoms with E-state index in [1.54, 1.807) is 0 Å². The first kappa shape index (κ1) is 14.2. The van der Waals surface area contributed by atoms with Crippen LogP contribution < -0.4 is 0 Å². The smallest absolute Gasteiger partial charge is 0.0398 e. The molecule has 0 aliphatic heterocycles. The van der Waals surface area contributed by atoms with Crippen LogP contribution in [0, 0.1) is 12.8 Å². The van der Waals surface area contributed by atoms with Crippen molar-refractivity contribution < 1.29 is 0 Å². The largest absolute Gasteiger partial charge is 0.0683 e. The molecule has 0 spiro atoms. The van der Waals surface area contributed by atoms with E-state index in [2.05, 4.69) is 26.0 Å². The van der Waals surface area contributed by atoms with E-state index in [9.17, 15) is 0 Å². The lowest BCUT2D eigenvalue weighted by molar-refractivity contribution is 0.612. The summed E-state index contributed by atoms with van der Waals surface area (Å²) >= 11 is 0. The molecule has 15 heavy (non-hydrogen) atoms. The van der Waals surface area contributed by atoms with Gasteiger partial charge in [0.1, 0.15) is 0 Å². The number of benzene rings is 1. The molecule has 1 aliphatic carbocycles. The van der Waals surface area contributed by atoms with Crippen molar-refractivity contribution in [2.45, 2.75) is 53.4 Å². The molecule has 0 N–H and O–H groups in total. The molecule has 1 aliphatic rings. The molecule has 86 valence electrons. The lowest BCUT2D eigenvalue weighted by Crippen LogP contribution is -1.78. The van der Waals surface area contributed by atoms with Crippen LogP contribution in [0.15, 0.2) is 30.3 Å². The quantitative estimate of drug-likeness (QED) is 0.546. The Bertz CT molecular complexity index is 207. The maximum Gasteiger partial charge on any atom is -0.0398 e. The van der Waals surface area contributed by atoms with Crippen molar-refractivity contribution in [2.24, 2.45) is 5.92 Å². The van der Waals surface area contributed by atoms with Crippen LogP contribution in [-0.2, 0) is 0 Å². The molecule has 1 saturated carbocycles. The molecule has 1 aromatic carbocycles. The molecule has 0 nitrogen and oxygen atoms in total. The van der Waals surface area contributed by atoms with Gasteiger partial charge in [0, 0.05) is 0 Å². The Hall–Kier alpha value is -0.780. The summed E-state index contributed by atoms with van der Waals surface area (Å²) in [5.74, 6) is 1.05. The number of aryl methyl sites for hydroxylation is 1. The molecule has 0 heterocycles. The highest BCUT2D eigenvalue weighted by atomic mass is 14.1. The second kappa shape index (κ2) is 9.76. The molecule has 0 aromatic heterocycles. The highest BCUT2D eigenvalue weighted by Crippen LogP contribution is 2.22. The van der Waals surface area contributed by atoms with Crippen LogP contribution in [0.2, 0.25) is 0 Å². The summed E-state index contributed by atoms with van der Waals surface area (Å²) in [5.41, 5.74) is 1.32. The second-order valence-electron chi connectivity index (χ2n) is 4.04. The Morgan fingerprint density at radius 2 is 1.40 bits per heavy atom. The van der Waals surface area contributed by atoms with E-state index in [1.807, 2.05) is 32.0 Å². The summed E-state index contributed by atoms with van der Waals surface area (Å²) in [7, 11) is 0. The third-order valence-electron chi connectivity index (χ3n) is 2.58. The second-order valence-corrected chi connectivity index (χ2v) is 4.04. The lowest BCUT2D eigenvalue weighted by atomic mass is 10.2. The van der Waals surface area contributed by atoms with Gasteiger partial charge in [-0.25, -0.2) is 0 Å². The standard InChI is InChI=1S/C7H8.C6H12.C2H6/c1-7-5-3-2-4-6-7;1-6-4-2-3-5-6;1-2/h2-6H,1H3;6H,2-5H2,1H3;1-2H3. The first-order valence-corrected chi connectivity index (χ1v) is 6.30. The Labute approximate surface area is 95.7 Å². The Morgan fingerprint density at radius 3 is 1.60 bits per heavy atom. The fourth-order valence-corrected chi connectivity index (χ4v) is 1.66. The summed E-state index contributed by atoms with van der Waals surface area (Å²) in [5, 5.41) is 0. The molecule has 1 fully saturated rings. The average molecular weight is 206 g/mol. The van der Waals surface area contributed by atoms with Gasteiger partial charge >= 0.3 is 0 Å². The molecule has 0 atom stereocenters. The van der Waals surface area contributed by atoms with Crippen molar-refractivity contribution in [3.63, 3.8) is 0 Å². The van der Waals surface area contributed by atoms with Crippen molar-refractivity contribution in [3.05, 3.63) is 35.9 Å². The van der Waals surface area contributed by atoms with E-state index in [0.29, 0.717) is 0 Å². The molecule has 0 heteroatoms. The van der Waals surface area contributed by atoms with Crippen LogP contribution in [0.3, 0.4) is 0 Å². The van der Waals surface area contributed by atoms with Gasteiger partial charge < -0.3 is 0 Å². The third kappa shape index (κ3) is 8.23. The van der Waals surface area contributed by atoms with Gasteiger partial charge in [-0.1, -0.05) is 82.3 Å². The van der Waals surface area contributed by atoms with Crippen molar-refractivity contribution >= 4 is 0 Å². The van der Waals surface area contributed by atoms with Crippen LogP contribution in [0.4, 0.5) is 0 Å². The topological polar surface area (TPSA) is 0 Å². The zero-order valence-corrected chi connectivity index (χ0v) is 10.8.